The molecule has 0 saturated carbocycles. The molecule has 0 spiro atoms. The van der Waals surface area contributed by atoms with Crippen molar-refractivity contribution in [3.05, 3.63) is 76.3 Å². The third kappa shape index (κ3) is 5.99. The first kappa shape index (κ1) is 20.7. The summed E-state index contributed by atoms with van der Waals surface area (Å²) in [5.74, 6) is -0.790. The molecule has 1 amide bonds. The minimum Gasteiger partial charge on any atom is -0.452 e. The number of nitrogens with one attached hydrogen (secondary N) is 1. The molecule has 2 aromatic carbocycles. The number of aryl methyl sites for hydroxylation is 2. The van der Waals surface area contributed by atoms with E-state index in [1.807, 2.05) is 61.7 Å². The van der Waals surface area contributed by atoms with Crippen LogP contribution in [-0.2, 0) is 27.3 Å². The fourth-order valence-electron chi connectivity index (χ4n) is 2.78. The second kappa shape index (κ2) is 9.47. The number of carbonyl (C=O) groups excluding carboxylic acids is 2. The lowest BCUT2D eigenvalue weighted by Gasteiger charge is -2.13. The number of ether oxygens (including phenoxy) is 1. The van der Waals surface area contributed by atoms with Crippen LogP contribution >= 0.6 is 11.3 Å². The fraction of sp³-hybridized carbons (Fsp3) is 0.261. The maximum Gasteiger partial charge on any atom is 0.312 e. The van der Waals surface area contributed by atoms with Crippen molar-refractivity contribution in [3.8, 4) is 10.6 Å². The molecule has 0 saturated heterocycles. The molecular weight excluding hydrogens is 384 g/mol. The van der Waals surface area contributed by atoms with Gasteiger partial charge in [0.2, 0.25) is 0 Å². The van der Waals surface area contributed by atoms with Gasteiger partial charge in [-0.15, -0.1) is 11.3 Å². The summed E-state index contributed by atoms with van der Waals surface area (Å²) in [5.41, 5.74) is 4.98. The Morgan fingerprint density at radius 2 is 1.86 bits per heavy atom. The van der Waals surface area contributed by atoms with Crippen molar-refractivity contribution >= 4 is 23.2 Å². The van der Waals surface area contributed by atoms with Crippen LogP contribution in [0.1, 0.15) is 29.3 Å². The van der Waals surface area contributed by atoms with Gasteiger partial charge in [0.25, 0.3) is 5.91 Å². The summed E-state index contributed by atoms with van der Waals surface area (Å²) in [7, 11) is 0. The fourth-order valence-corrected chi connectivity index (χ4v) is 3.59. The molecule has 0 aliphatic heterocycles. The first-order valence-electron chi connectivity index (χ1n) is 9.45. The van der Waals surface area contributed by atoms with E-state index in [-0.39, 0.29) is 12.3 Å². The van der Waals surface area contributed by atoms with Crippen molar-refractivity contribution in [2.24, 2.45) is 0 Å². The first-order valence-corrected chi connectivity index (χ1v) is 10.3. The number of nitrogens with zero attached hydrogens (tertiary/aromatic N) is 1. The highest BCUT2D eigenvalue weighted by molar-refractivity contribution is 7.13. The zero-order valence-electron chi connectivity index (χ0n) is 16.8. The van der Waals surface area contributed by atoms with Crippen LogP contribution in [0.25, 0.3) is 10.6 Å². The summed E-state index contributed by atoms with van der Waals surface area (Å²) < 4.78 is 5.27. The zero-order valence-corrected chi connectivity index (χ0v) is 17.6. The maximum atomic E-state index is 12.2. The van der Waals surface area contributed by atoms with Crippen LogP contribution in [0.15, 0.2) is 53.9 Å². The third-order valence-electron chi connectivity index (χ3n) is 4.41. The molecule has 29 heavy (non-hydrogen) atoms. The molecule has 3 rings (SSSR count). The van der Waals surface area contributed by atoms with Gasteiger partial charge < -0.3 is 10.1 Å². The third-order valence-corrected chi connectivity index (χ3v) is 5.35. The molecule has 3 aromatic rings. The summed E-state index contributed by atoms with van der Waals surface area (Å²) in [6.07, 6.45) is -0.819. The van der Waals surface area contributed by atoms with E-state index in [2.05, 4.69) is 16.4 Å². The number of hydrogen-bond donors (Lipinski definition) is 1. The Balaban J connectivity index is 1.49. The van der Waals surface area contributed by atoms with Gasteiger partial charge in [0, 0.05) is 17.5 Å². The van der Waals surface area contributed by atoms with Crippen molar-refractivity contribution in [3.63, 3.8) is 0 Å². The molecule has 0 bridgehead atoms. The van der Waals surface area contributed by atoms with Crippen molar-refractivity contribution in [2.75, 3.05) is 0 Å². The number of carbonyl (C=O) groups is 2. The van der Waals surface area contributed by atoms with E-state index < -0.39 is 12.1 Å². The standard InChI is InChI=1S/C23H24N2O3S/c1-15-7-9-18(10-8-15)13-24-22(27)17(3)28-21(26)12-20-14-29-23(25-20)19-6-4-5-16(2)11-19/h4-11,14,17H,12-13H2,1-3H3,(H,24,27)/t17-/m0/s1. The molecule has 6 heteroatoms. The van der Waals surface area contributed by atoms with Gasteiger partial charge in [-0.2, -0.15) is 0 Å². The predicted octanol–water partition coefficient (Wildman–Crippen LogP) is 4.22. The van der Waals surface area contributed by atoms with Gasteiger partial charge in [0.05, 0.1) is 12.1 Å². The van der Waals surface area contributed by atoms with Gasteiger partial charge in [0.1, 0.15) is 5.01 Å². The Morgan fingerprint density at radius 3 is 2.59 bits per heavy atom. The highest BCUT2D eigenvalue weighted by Crippen LogP contribution is 2.24. The molecule has 0 aliphatic carbocycles. The van der Waals surface area contributed by atoms with Crippen LogP contribution in [0.5, 0.6) is 0 Å². The van der Waals surface area contributed by atoms with Gasteiger partial charge in [0.15, 0.2) is 6.10 Å². The first-order chi connectivity index (χ1) is 13.9. The van der Waals surface area contributed by atoms with E-state index in [1.165, 1.54) is 11.3 Å². The summed E-state index contributed by atoms with van der Waals surface area (Å²) in [6.45, 7) is 6.01. The second-order valence-corrected chi connectivity index (χ2v) is 7.88. The maximum absolute atomic E-state index is 12.2. The average Bonchev–Trinajstić information content (AvgIpc) is 3.15. The van der Waals surface area contributed by atoms with Crippen LogP contribution in [0.4, 0.5) is 0 Å². The lowest BCUT2D eigenvalue weighted by Crippen LogP contribution is -2.35. The molecule has 0 unspecified atom stereocenters. The molecule has 0 radical (unpaired) electrons. The molecule has 0 aliphatic rings. The molecule has 1 aromatic heterocycles. The lowest BCUT2D eigenvalue weighted by atomic mass is 10.1. The predicted molar refractivity (Wildman–Crippen MR) is 115 cm³/mol. The molecule has 5 nitrogen and oxygen atoms in total. The average molecular weight is 409 g/mol. The smallest absolute Gasteiger partial charge is 0.312 e. The van der Waals surface area contributed by atoms with Gasteiger partial charge in [-0.1, -0.05) is 53.6 Å². The Hall–Kier alpha value is -2.99. The van der Waals surface area contributed by atoms with Crippen molar-refractivity contribution in [1.29, 1.82) is 0 Å². The van der Waals surface area contributed by atoms with Gasteiger partial charge in [-0.05, 0) is 32.4 Å². The van der Waals surface area contributed by atoms with E-state index in [1.54, 1.807) is 6.92 Å². The van der Waals surface area contributed by atoms with E-state index in [0.29, 0.717) is 12.2 Å². The molecule has 150 valence electrons. The SMILES string of the molecule is Cc1ccc(CNC(=O)[C@H](C)OC(=O)Cc2csc(-c3cccc(C)c3)n2)cc1. The van der Waals surface area contributed by atoms with E-state index >= 15 is 0 Å². The topological polar surface area (TPSA) is 68.3 Å². The summed E-state index contributed by atoms with van der Waals surface area (Å²) in [5, 5.41) is 5.50. The van der Waals surface area contributed by atoms with Crippen molar-refractivity contribution in [1.82, 2.24) is 10.3 Å². The molecule has 0 fully saturated rings. The number of esters is 1. The number of rotatable bonds is 7. The number of aromatic nitrogens is 1. The number of thiazole rings is 1. The molecule has 1 N–H and O–H groups in total. The van der Waals surface area contributed by atoms with Crippen molar-refractivity contribution in [2.45, 2.75) is 39.8 Å². The Kier molecular flexibility index (Phi) is 6.77. The highest BCUT2D eigenvalue weighted by atomic mass is 32.1. The zero-order chi connectivity index (χ0) is 20.8. The summed E-state index contributed by atoms with van der Waals surface area (Å²) in [6, 6.07) is 16.0. The number of hydrogen-bond acceptors (Lipinski definition) is 5. The van der Waals surface area contributed by atoms with Crippen LogP contribution in [0.3, 0.4) is 0 Å². The monoisotopic (exact) mass is 408 g/mol. The van der Waals surface area contributed by atoms with Crippen LogP contribution in [0.2, 0.25) is 0 Å². The van der Waals surface area contributed by atoms with Gasteiger partial charge in [-0.3, -0.25) is 9.59 Å². The number of benzene rings is 2. The van der Waals surface area contributed by atoms with Crippen molar-refractivity contribution < 1.29 is 14.3 Å². The number of amides is 1. The Morgan fingerprint density at radius 1 is 1.10 bits per heavy atom. The van der Waals surface area contributed by atoms with Crippen LogP contribution in [-0.4, -0.2) is 23.0 Å². The highest BCUT2D eigenvalue weighted by Gasteiger charge is 2.18. The van der Waals surface area contributed by atoms with E-state index in [4.69, 9.17) is 4.74 Å². The minimum absolute atomic E-state index is 0.0396. The quantitative estimate of drug-likeness (QED) is 0.595. The second-order valence-electron chi connectivity index (χ2n) is 7.03. The largest absolute Gasteiger partial charge is 0.452 e. The van der Waals surface area contributed by atoms with E-state index in [0.717, 1.165) is 27.3 Å². The van der Waals surface area contributed by atoms with Gasteiger partial charge in [-0.25, -0.2) is 4.98 Å². The normalized spacial score (nSPS) is 11.7. The van der Waals surface area contributed by atoms with Crippen LogP contribution in [0, 0.1) is 13.8 Å². The lowest BCUT2D eigenvalue weighted by molar-refractivity contribution is -0.154. The van der Waals surface area contributed by atoms with Crippen LogP contribution < -0.4 is 5.32 Å². The summed E-state index contributed by atoms with van der Waals surface area (Å²) >= 11 is 1.49. The van der Waals surface area contributed by atoms with Gasteiger partial charge >= 0.3 is 5.97 Å². The molecular formula is C23H24N2O3S. The Bertz CT molecular complexity index is 995. The summed E-state index contributed by atoms with van der Waals surface area (Å²) in [4.78, 5) is 28.9. The molecule has 1 heterocycles. The Labute approximate surface area is 174 Å². The minimum atomic E-state index is -0.858. The van der Waals surface area contributed by atoms with E-state index in [9.17, 15) is 9.59 Å². The molecule has 1 atom stereocenters.